The zero-order valence-corrected chi connectivity index (χ0v) is 16.7. The molecule has 0 aliphatic carbocycles. The van der Waals surface area contributed by atoms with Crippen LogP contribution in [-0.2, 0) is 6.54 Å². The highest BCUT2D eigenvalue weighted by Crippen LogP contribution is 2.25. The first-order valence-corrected chi connectivity index (χ1v) is 9.54. The molecule has 0 bridgehead atoms. The highest BCUT2D eigenvalue weighted by molar-refractivity contribution is 5.58. The summed E-state index contributed by atoms with van der Waals surface area (Å²) in [5.41, 5.74) is 2.98. The topological polar surface area (TPSA) is 74.3 Å². The van der Waals surface area contributed by atoms with Gasteiger partial charge in [0.25, 0.3) is 0 Å². The Labute approximate surface area is 161 Å². The maximum Gasteiger partial charge on any atom is 0.229 e. The first-order valence-electron chi connectivity index (χ1n) is 9.54. The van der Waals surface area contributed by atoms with Crippen LogP contribution in [0, 0.1) is 6.92 Å². The number of nitrogens with zero attached hydrogens (tertiary/aromatic N) is 3. The standard InChI is InChI=1S/C20H30N6O/c1-5-26-9-8-17(13-26)22-12-15-11-16(6-7-18(15)27-4)24-20-23-14(2)10-19(21-3)25-20/h6-7,10-11,17,22H,5,8-9,12-13H2,1-4H3,(H2,21,23,24,25)/t17-/m1/s1. The average molecular weight is 371 g/mol. The van der Waals surface area contributed by atoms with Crippen LogP contribution in [0.25, 0.3) is 0 Å². The predicted octanol–water partition coefficient (Wildman–Crippen LogP) is 2.76. The average Bonchev–Trinajstić information content (AvgIpc) is 3.14. The zero-order chi connectivity index (χ0) is 19.2. The number of likely N-dealkylation sites (tertiary alicyclic amines) is 1. The second kappa shape index (κ2) is 9.01. The largest absolute Gasteiger partial charge is 0.496 e. The van der Waals surface area contributed by atoms with Crippen LogP contribution in [0.4, 0.5) is 17.5 Å². The Morgan fingerprint density at radius 2 is 2.11 bits per heavy atom. The molecule has 1 aliphatic rings. The third kappa shape index (κ3) is 5.08. The van der Waals surface area contributed by atoms with Crippen molar-refractivity contribution in [3.8, 4) is 5.75 Å². The van der Waals surface area contributed by atoms with Crippen LogP contribution in [-0.4, -0.2) is 54.7 Å². The molecule has 7 heteroatoms. The molecule has 1 atom stereocenters. The minimum atomic E-state index is 0.532. The minimum Gasteiger partial charge on any atom is -0.496 e. The molecule has 0 radical (unpaired) electrons. The first-order chi connectivity index (χ1) is 13.1. The maximum atomic E-state index is 5.54. The number of anilines is 3. The lowest BCUT2D eigenvalue weighted by Crippen LogP contribution is -2.32. The Bertz CT molecular complexity index is 766. The van der Waals surface area contributed by atoms with E-state index in [0.717, 1.165) is 48.1 Å². The van der Waals surface area contributed by atoms with Gasteiger partial charge in [0.2, 0.25) is 5.95 Å². The fraction of sp³-hybridized carbons (Fsp3) is 0.500. The molecule has 7 nitrogen and oxygen atoms in total. The molecule has 1 aromatic carbocycles. The molecule has 2 aromatic rings. The molecule has 2 heterocycles. The lowest BCUT2D eigenvalue weighted by Gasteiger charge is -2.17. The van der Waals surface area contributed by atoms with Gasteiger partial charge >= 0.3 is 0 Å². The van der Waals surface area contributed by atoms with Crippen LogP contribution in [0.1, 0.15) is 24.6 Å². The predicted molar refractivity (Wildman–Crippen MR) is 110 cm³/mol. The van der Waals surface area contributed by atoms with E-state index in [9.17, 15) is 0 Å². The molecule has 1 aliphatic heterocycles. The number of benzene rings is 1. The lowest BCUT2D eigenvalue weighted by molar-refractivity contribution is 0.344. The molecular weight excluding hydrogens is 340 g/mol. The van der Waals surface area contributed by atoms with E-state index < -0.39 is 0 Å². The molecule has 1 saturated heterocycles. The number of aromatic nitrogens is 2. The molecule has 27 heavy (non-hydrogen) atoms. The first kappa shape index (κ1) is 19.4. The lowest BCUT2D eigenvalue weighted by atomic mass is 10.1. The normalized spacial score (nSPS) is 17.1. The molecular formula is C20H30N6O. The molecule has 0 amide bonds. The van der Waals surface area contributed by atoms with Crippen molar-refractivity contribution in [3.05, 3.63) is 35.5 Å². The Morgan fingerprint density at radius 1 is 1.26 bits per heavy atom. The number of likely N-dealkylation sites (N-methyl/N-ethyl adjacent to an activating group) is 1. The van der Waals surface area contributed by atoms with E-state index in [4.69, 9.17) is 4.74 Å². The van der Waals surface area contributed by atoms with Crippen molar-refractivity contribution in [2.24, 2.45) is 0 Å². The molecule has 0 saturated carbocycles. The summed E-state index contributed by atoms with van der Waals surface area (Å²) >= 11 is 0. The zero-order valence-electron chi connectivity index (χ0n) is 16.7. The van der Waals surface area contributed by atoms with Crippen molar-refractivity contribution >= 4 is 17.5 Å². The van der Waals surface area contributed by atoms with E-state index in [-0.39, 0.29) is 0 Å². The van der Waals surface area contributed by atoms with Gasteiger partial charge < -0.3 is 25.6 Å². The second-order valence-corrected chi connectivity index (χ2v) is 6.88. The Balaban J connectivity index is 1.70. The van der Waals surface area contributed by atoms with Crippen molar-refractivity contribution < 1.29 is 4.74 Å². The number of nitrogens with one attached hydrogen (secondary N) is 3. The van der Waals surface area contributed by atoms with E-state index in [0.29, 0.717) is 12.0 Å². The van der Waals surface area contributed by atoms with Crippen LogP contribution in [0.5, 0.6) is 5.75 Å². The summed E-state index contributed by atoms with van der Waals surface area (Å²) in [6, 6.07) is 8.52. The number of ether oxygens (including phenoxy) is 1. The molecule has 1 fully saturated rings. The summed E-state index contributed by atoms with van der Waals surface area (Å²) in [5.74, 6) is 2.26. The maximum absolute atomic E-state index is 5.54. The van der Waals surface area contributed by atoms with Crippen molar-refractivity contribution in [3.63, 3.8) is 0 Å². The van der Waals surface area contributed by atoms with Crippen LogP contribution in [0.3, 0.4) is 0 Å². The summed E-state index contributed by atoms with van der Waals surface area (Å²) in [6.07, 6.45) is 1.19. The van der Waals surface area contributed by atoms with Gasteiger partial charge in [-0.05, 0) is 44.6 Å². The van der Waals surface area contributed by atoms with Gasteiger partial charge in [0, 0.05) is 49.2 Å². The van der Waals surface area contributed by atoms with Gasteiger partial charge in [0.05, 0.1) is 7.11 Å². The van der Waals surface area contributed by atoms with Crippen molar-refractivity contribution in [2.45, 2.75) is 32.9 Å². The fourth-order valence-electron chi connectivity index (χ4n) is 3.42. The SMILES string of the molecule is CCN1CC[C@@H](NCc2cc(Nc3nc(C)cc(NC)n3)ccc2OC)C1. The molecule has 0 unspecified atom stereocenters. The smallest absolute Gasteiger partial charge is 0.229 e. The molecule has 146 valence electrons. The third-order valence-electron chi connectivity index (χ3n) is 4.95. The number of rotatable bonds is 8. The second-order valence-electron chi connectivity index (χ2n) is 6.88. The van der Waals surface area contributed by atoms with E-state index in [1.54, 1.807) is 7.11 Å². The highest BCUT2D eigenvalue weighted by Gasteiger charge is 2.20. The van der Waals surface area contributed by atoms with E-state index in [1.807, 2.05) is 32.2 Å². The molecule has 3 N–H and O–H groups in total. The van der Waals surface area contributed by atoms with Gasteiger partial charge in [-0.2, -0.15) is 4.98 Å². The number of aryl methyl sites for hydroxylation is 1. The third-order valence-corrected chi connectivity index (χ3v) is 4.95. The van der Waals surface area contributed by atoms with Crippen molar-refractivity contribution in [1.29, 1.82) is 0 Å². The highest BCUT2D eigenvalue weighted by atomic mass is 16.5. The molecule has 3 rings (SSSR count). The number of hydrogen-bond donors (Lipinski definition) is 3. The van der Waals surface area contributed by atoms with Crippen LogP contribution < -0.4 is 20.7 Å². The summed E-state index contributed by atoms with van der Waals surface area (Å²) in [6.45, 7) is 8.35. The number of hydrogen-bond acceptors (Lipinski definition) is 7. The van der Waals surface area contributed by atoms with E-state index in [1.165, 1.54) is 13.0 Å². The Hall–Kier alpha value is -2.38. The van der Waals surface area contributed by atoms with Crippen molar-refractivity contribution in [2.75, 3.05) is 44.4 Å². The van der Waals surface area contributed by atoms with Crippen LogP contribution in [0.2, 0.25) is 0 Å². The van der Waals surface area contributed by atoms with Gasteiger partial charge in [0.15, 0.2) is 0 Å². The number of methoxy groups -OCH3 is 1. The van der Waals surface area contributed by atoms with Gasteiger partial charge in [-0.1, -0.05) is 6.92 Å². The van der Waals surface area contributed by atoms with Gasteiger partial charge in [-0.25, -0.2) is 4.98 Å². The van der Waals surface area contributed by atoms with Gasteiger partial charge in [-0.15, -0.1) is 0 Å². The molecule has 1 aromatic heterocycles. The van der Waals surface area contributed by atoms with Crippen LogP contribution >= 0.6 is 0 Å². The van der Waals surface area contributed by atoms with E-state index >= 15 is 0 Å². The summed E-state index contributed by atoms with van der Waals surface area (Å²) in [7, 11) is 3.56. The van der Waals surface area contributed by atoms with Crippen molar-refractivity contribution in [1.82, 2.24) is 20.2 Å². The summed E-state index contributed by atoms with van der Waals surface area (Å²) < 4.78 is 5.54. The summed E-state index contributed by atoms with van der Waals surface area (Å²) in [4.78, 5) is 11.4. The van der Waals surface area contributed by atoms with Gasteiger partial charge in [-0.3, -0.25) is 0 Å². The monoisotopic (exact) mass is 370 g/mol. The molecule has 0 spiro atoms. The minimum absolute atomic E-state index is 0.532. The van der Waals surface area contributed by atoms with Crippen LogP contribution in [0.15, 0.2) is 24.3 Å². The quantitative estimate of drug-likeness (QED) is 0.660. The Morgan fingerprint density at radius 3 is 2.81 bits per heavy atom. The fourth-order valence-corrected chi connectivity index (χ4v) is 3.42. The summed E-state index contributed by atoms with van der Waals surface area (Å²) in [5, 5.41) is 10.0. The van der Waals surface area contributed by atoms with E-state index in [2.05, 4.69) is 43.8 Å². The van der Waals surface area contributed by atoms with Gasteiger partial charge in [0.1, 0.15) is 11.6 Å². The Kier molecular flexibility index (Phi) is 6.47.